The summed E-state index contributed by atoms with van der Waals surface area (Å²) in [5.74, 6) is 1.60. The van der Waals surface area contributed by atoms with E-state index in [2.05, 4.69) is 32.0 Å². The van der Waals surface area contributed by atoms with Gasteiger partial charge in [-0.15, -0.1) is 0 Å². The second-order valence-corrected chi connectivity index (χ2v) is 4.67. The van der Waals surface area contributed by atoms with Crippen LogP contribution in [0, 0.1) is 0 Å². The molecule has 2 heteroatoms. The summed E-state index contributed by atoms with van der Waals surface area (Å²) in [5.41, 5.74) is 8.68. The van der Waals surface area contributed by atoms with Crippen LogP contribution in [0.1, 0.15) is 56.2 Å². The van der Waals surface area contributed by atoms with Crippen LogP contribution in [-0.4, -0.2) is 6.61 Å². The van der Waals surface area contributed by atoms with Crippen LogP contribution in [0.15, 0.2) is 18.2 Å². The molecule has 0 bridgehead atoms. The van der Waals surface area contributed by atoms with Crippen LogP contribution < -0.4 is 10.5 Å². The maximum absolute atomic E-state index is 6.18. The molecule has 0 spiro atoms. The smallest absolute Gasteiger partial charge is 0.127 e. The summed E-state index contributed by atoms with van der Waals surface area (Å²) in [6.45, 7) is 5.25. The number of nitrogens with two attached hydrogens (primary N) is 1. The Morgan fingerprint density at radius 3 is 3.06 bits per heavy atom. The van der Waals surface area contributed by atoms with Crippen LogP contribution in [0.2, 0.25) is 0 Å². The van der Waals surface area contributed by atoms with E-state index in [1.54, 1.807) is 0 Å². The Balaban J connectivity index is 2.44. The highest BCUT2D eigenvalue weighted by Gasteiger charge is 2.20. The molecule has 16 heavy (non-hydrogen) atoms. The Hall–Kier alpha value is -1.02. The summed E-state index contributed by atoms with van der Waals surface area (Å²) in [6.07, 6.45) is 3.21. The highest BCUT2D eigenvalue weighted by Crippen LogP contribution is 2.37. The molecular weight excluding hydrogens is 198 g/mol. The van der Waals surface area contributed by atoms with Gasteiger partial charge in [0.25, 0.3) is 0 Å². The van der Waals surface area contributed by atoms with Gasteiger partial charge in [0.2, 0.25) is 0 Å². The molecule has 0 aliphatic carbocycles. The highest BCUT2D eigenvalue weighted by atomic mass is 16.5. The van der Waals surface area contributed by atoms with Gasteiger partial charge in [-0.2, -0.15) is 0 Å². The van der Waals surface area contributed by atoms with Crippen molar-refractivity contribution in [2.45, 2.75) is 45.1 Å². The Labute approximate surface area is 97.8 Å². The minimum absolute atomic E-state index is 0.140. The standard InChI is InChI=1S/C14H21NO/c1-3-10(2)11-6-4-7-12-13(15)8-5-9-16-14(11)12/h4,6-7,10,13H,3,5,8-9,15H2,1-2H3/t10?,13-/m0/s1. The van der Waals surface area contributed by atoms with Crippen molar-refractivity contribution in [3.05, 3.63) is 29.3 Å². The van der Waals surface area contributed by atoms with Crippen molar-refractivity contribution in [2.24, 2.45) is 5.73 Å². The third kappa shape index (κ3) is 2.07. The normalized spacial score (nSPS) is 21.8. The van der Waals surface area contributed by atoms with E-state index in [4.69, 9.17) is 10.5 Å². The Kier molecular flexibility index (Phi) is 3.49. The lowest BCUT2D eigenvalue weighted by Gasteiger charge is -2.18. The first-order chi connectivity index (χ1) is 7.74. The molecule has 2 rings (SSSR count). The zero-order valence-electron chi connectivity index (χ0n) is 10.2. The first-order valence-corrected chi connectivity index (χ1v) is 6.25. The van der Waals surface area contributed by atoms with Gasteiger partial charge in [0.1, 0.15) is 5.75 Å². The van der Waals surface area contributed by atoms with E-state index < -0.39 is 0 Å². The van der Waals surface area contributed by atoms with Crippen LogP contribution in [0.4, 0.5) is 0 Å². The van der Waals surface area contributed by atoms with Crippen molar-refractivity contribution in [1.82, 2.24) is 0 Å². The fraction of sp³-hybridized carbons (Fsp3) is 0.571. The van der Waals surface area contributed by atoms with Crippen molar-refractivity contribution >= 4 is 0 Å². The average Bonchev–Trinajstić information content (AvgIpc) is 2.50. The number of fused-ring (bicyclic) bond motifs is 1. The van der Waals surface area contributed by atoms with Gasteiger partial charge in [-0.25, -0.2) is 0 Å². The van der Waals surface area contributed by atoms with Gasteiger partial charge in [-0.1, -0.05) is 32.0 Å². The van der Waals surface area contributed by atoms with Crippen LogP contribution >= 0.6 is 0 Å². The molecule has 0 fully saturated rings. The van der Waals surface area contributed by atoms with Crippen LogP contribution in [0.5, 0.6) is 5.75 Å². The monoisotopic (exact) mass is 219 g/mol. The molecule has 0 amide bonds. The Morgan fingerprint density at radius 2 is 2.31 bits per heavy atom. The van der Waals surface area contributed by atoms with E-state index in [0.717, 1.165) is 31.6 Å². The molecule has 0 saturated carbocycles. The molecule has 1 unspecified atom stereocenters. The third-order valence-electron chi connectivity index (χ3n) is 3.52. The van der Waals surface area contributed by atoms with Crippen molar-refractivity contribution in [3.63, 3.8) is 0 Å². The van der Waals surface area contributed by atoms with Gasteiger partial charge < -0.3 is 10.5 Å². The number of rotatable bonds is 2. The summed E-state index contributed by atoms with van der Waals surface area (Å²) in [6, 6.07) is 6.53. The number of hydrogen-bond donors (Lipinski definition) is 1. The van der Waals surface area contributed by atoms with Gasteiger partial charge in [0.15, 0.2) is 0 Å². The molecule has 2 nitrogen and oxygen atoms in total. The summed E-state index contributed by atoms with van der Waals surface area (Å²) in [5, 5.41) is 0. The molecule has 2 atom stereocenters. The topological polar surface area (TPSA) is 35.2 Å². The zero-order chi connectivity index (χ0) is 11.5. The molecule has 1 aliphatic heterocycles. The first-order valence-electron chi connectivity index (χ1n) is 6.25. The molecule has 1 aromatic carbocycles. The quantitative estimate of drug-likeness (QED) is 0.827. The zero-order valence-corrected chi connectivity index (χ0v) is 10.2. The van der Waals surface area contributed by atoms with Crippen LogP contribution in [-0.2, 0) is 0 Å². The fourth-order valence-corrected chi connectivity index (χ4v) is 2.27. The van der Waals surface area contributed by atoms with E-state index in [1.807, 2.05) is 0 Å². The molecule has 0 saturated heterocycles. The molecule has 1 heterocycles. The Bertz CT molecular complexity index is 362. The molecular formula is C14H21NO. The number of para-hydroxylation sites is 1. The lowest BCUT2D eigenvalue weighted by Crippen LogP contribution is -2.10. The minimum Gasteiger partial charge on any atom is -0.493 e. The average molecular weight is 219 g/mol. The van der Waals surface area contributed by atoms with Crippen molar-refractivity contribution < 1.29 is 4.74 Å². The number of hydrogen-bond acceptors (Lipinski definition) is 2. The SMILES string of the molecule is CCC(C)c1cccc2c1OCCC[C@@H]2N. The third-order valence-corrected chi connectivity index (χ3v) is 3.52. The maximum Gasteiger partial charge on any atom is 0.127 e. The second-order valence-electron chi connectivity index (χ2n) is 4.67. The minimum atomic E-state index is 0.140. The van der Waals surface area contributed by atoms with Crippen molar-refractivity contribution in [3.8, 4) is 5.75 Å². The van der Waals surface area contributed by atoms with E-state index in [9.17, 15) is 0 Å². The fourth-order valence-electron chi connectivity index (χ4n) is 2.27. The molecule has 0 aromatic heterocycles. The van der Waals surface area contributed by atoms with Crippen LogP contribution in [0.25, 0.3) is 0 Å². The van der Waals surface area contributed by atoms with E-state index in [-0.39, 0.29) is 6.04 Å². The molecule has 0 radical (unpaired) electrons. The second kappa shape index (κ2) is 4.88. The van der Waals surface area contributed by atoms with Gasteiger partial charge in [0, 0.05) is 11.6 Å². The van der Waals surface area contributed by atoms with Crippen molar-refractivity contribution in [2.75, 3.05) is 6.61 Å². The first kappa shape index (κ1) is 11.5. The Morgan fingerprint density at radius 1 is 1.50 bits per heavy atom. The molecule has 1 aromatic rings. The number of ether oxygens (including phenoxy) is 1. The number of benzene rings is 1. The summed E-state index contributed by atoms with van der Waals surface area (Å²) in [7, 11) is 0. The van der Waals surface area contributed by atoms with Gasteiger partial charge in [-0.05, 0) is 30.7 Å². The van der Waals surface area contributed by atoms with Crippen molar-refractivity contribution in [1.29, 1.82) is 0 Å². The highest BCUT2D eigenvalue weighted by molar-refractivity contribution is 5.45. The summed E-state index contributed by atoms with van der Waals surface area (Å²) < 4.78 is 5.89. The van der Waals surface area contributed by atoms with Crippen LogP contribution in [0.3, 0.4) is 0 Å². The summed E-state index contributed by atoms with van der Waals surface area (Å²) >= 11 is 0. The van der Waals surface area contributed by atoms with Gasteiger partial charge >= 0.3 is 0 Å². The predicted molar refractivity (Wildman–Crippen MR) is 66.8 cm³/mol. The maximum atomic E-state index is 6.18. The lowest BCUT2D eigenvalue weighted by atomic mass is 9.93. The van der Waals surface area contributed by atoms with E-state index >= 15 is 0 Å². The largest absolute Gasteiger partial charge is 0.493 e. The molecule has 88 valence electrons. The van der Waals surface area contributed by atoms with E-state index in [1.165, 1.54) is 11.1 Å². The van der Waals surface area contributed by atoms with E-state index in [0.29, 0.717) is 5.92 Å². The molecule has 2 N–H and O–H groups in total. The summed E-state index contributed by atoms with van der Waals surface area (Å²) in [4.78, 5) is 0. The lowest BCUT2D eigenvalue weighted by molar-refractivity contribution is 0.311. The molecule has 1 aliphatic rings. The predicted octanol–water partition coefficient (Wildman–Crippen LogP) is 3.37. The van der Waals surface area contributed by atoms with Gasteiger partial charge in [-0.3, -0.25) is 0 Å². The van der Waals surface area contributed by atoms with Gasteiger partial charge in [0.05, 0.1) is 6.61 Å².